The highest BCUT2D eigenvalue weighted by atomic mass is 35.5. The summed E-state index contributed by atoms with van der Waals surface area (Å²) < 4.78 is 31.4. The maximum absolute atomic E-state index is 13.0. The third-order valence-electron chi connectivity index (χ3n) is 5.93. The van der Waals surface area contributed by atoms with Crippen molar-refractivity contribution in [2.24, 2.45) is 0 Å². The summed E-state index contributed by atoms with van der Waals surface area (Å²) in [5.41, 5.74) is 1.12. The van der Waals surface area contributed by atoms with E-state index in [9.17, 15) is 13.2 Å². The molecule has 1 fully saturated rings. The summed E-state index contributed by atoms with van der Waals surface area (Å²) >= 11 is 12.5. The number of nitrogens with zero attached hydrogens (tertiary/aromatic N) is 3. The quantitative estimate of drug-likeness (QED) is 0.504. The number of carbonyl (C=O) groups excluding carboxylic acids is 1. The van der Waals surface area contributed by atoms with E-state index < -0.39 is 9.84 Å². The first-order valence-corrected chi connectivity index (χ1v) is 13.2. The molecule has 2 aliphatic rings. The standard InChI is InChI=1S/C23H21Cl2N5O4S/c24-18-2-1-3-19(25)20(18)30-13-34-21-17(22(30)31)12-27-23(29-21)28-14-4-6-15(7-5-14)35(32,33)16-8-10-26-11-9-16/h1-7,12,16,26H,8-11,13H2,(H,27,28,29). The van der Waals surface area contributed by atoms with Gasteiger partial charge in [-0.3, -0.25) is 9.69 Å². The largest absolute Gasteiger partial charge is 0.455 e. The van der Waals surface area contributed by atoms with Crippen LogP contribution >= 0.6 is 23.2 Å². The highest BCUT2D eigenvalue weighted by Crippen LogP contribution is 2.37. The molecule has 12 heteroatoms. The number of fused-ring (bicyclic) bond motifs is 1. The number of benzene rings is 2. The molecular formula is C23H21Cl2N5O4S. The van der Waals surface area contributed by atoms with Crippen molar-refractivity contribution < 1.29 is 17.9 Å². The van der Waals surface area contributed by atoms with E-state index in [0.29, 0.717) is 47.4 Å². The van der Waals surface area contributed by atoms with Gasteiger partial charge in [-0.2, -0.15) is 4.98 Å². The Bertz CT molecular complexity index is 1360. The lowest BCUT2D eigenvalue weighted by molar-refractivity contribution is 0.0932. The predicted octanol–water partition coefficient (Wildman–Crippen LogP) is 4.05. The molecule has 5 rings (SSSR count). The molecule has 35 heavy (non-hydrogen) atoms. The molecule has 2 aliphatic heterocycles. The second-order valence-electron chi connectivity index (χ2n) is 8.13. The van der Waals surface area contributed by atoms with Gasteiger partial charge < -0.3 is 15.4 Å². The fourth-order valence-corrected chi connectivity index (χ4v) is 6.44. The van der Waals surface area contributed by atoms with E-state index in [4.69, 9.17) is 27.9 Å². The van der Waals surface area contributed by atoms with Crippen LogP contribution < -0.4 is 20.3 Å². The average molecular weight is 534 g/mol. The van der Waals surface area contributed by atoms with Crippen LogP contribution in [0.2, 0.25) is 10.0 Å². The third-order valence-corrected chi connectivity index (χ3v) is 8.82. The van der Waals surface area contributed by atoms with Crippen LogP contribution in [0.1, 0.15) is 23.2 Å². The van der Waals surface area contributed by atoms with Crippen molar-refractivity contribution >= 4 is 56.3 Å². The summed E-state index contributed by atoms with van der Waals surface area (Å²) in [7, 11) is -3.38. The number of rotatable bonds is 5. The van der Waals surface area contributed by atoms with Gasteiger partial charge in [0.1, 0.15) is 5.56 Å². The molecule has 1 aromatic heterocycles. The zero-order chi connectivity index (χ0) is 24.6. The van der Waals surface area contributed by atoms with Gasteiger partial charge in [0.05, 0.1) is 25.9 Å². The highest BCUT2D eigenvalue weighted by Gasteiger charge is 2.32. The summed E-state index contributed by atoms with van der Waals surface area (Å²) in [5.74, 6) is -0.0629. The average Bonchev–Trinajstić information content (AvgIpc) is 2.86. The molecule has 3 heterocycles. The molecule has 3 aromatic rings. The number of amides is 1. The van der Waals surface area contributed by atoms with Crippen molar-refractivity contribution in [1.29, 1.82) is 0 Å². The number of piperidine rings is 1. The minimum atomic E-state index is -3.38. The van der Waals surface area contributed by atoms with Gasteiger partial charge >= 0.3 is 0 Å². The number of hydrogen-bond acceptors (Lipinski definition) is 8. The van der Waals surface area contributed by atoms with E-state index in [1.165, 1.54) is 11.1 Å². The van der Waals surface area contributed by atoms with Crippen LogP contribution in [-0.2, 0) is 9.84 Å². The first kappa shape index (κ1) is 23.8. The third kappa shape index (κ3) is 4.66. The van der Waals surface area contributed by atoms with Crippen molar-refractivity contribution in [3.05, 3.63) is 64.3 Å². The number of para-hydroxylation sites is 1. The Morgan fingerprint density at radius 1 is 1.06 bits per heavy atom. The Morgan fingerprint density at radius 2 is 1.74 bits per heavy atom. The fraction of sp³-hybridized carbons (Fsp3) is 0.261. The summed E-state index contributed by atoms with van der Waals surface area (Å²) in [5, 5.41) is 6.46. The molecule has 182 valence electrons. The number of halogens is 2. The second-order valence-corrected chi connectivity index (χ2v) is 11.2. The van der Waals surface area contributed by atoms with Crippen molar-refractivity contribution in [2.75, 3.05) is 30.0 Å². The molecule has 0 unspecified atom stereocenters. The smallest absolute Gasteiger partial charge is 0.268 e. The molecular weight excluding hydrogens is 513 g/mol. The van der Waals surface area contributed by atoms with Crippen LogP contribution in [0.3, 0.4) is 0 Å². The normalized spacial score (nSPS) is 16.5. The summed E-state index contributed by atoms with van der Waals surface area (Å²) in [6.07, 6.45) is 2.56. The molecule has 0 saturated carbocycles. The molecule has 0 atom stereocenters. The molecule has 1 amide bonds. The summed E-state index contributed by atoms with van der Waals surface area (Å²) in [6, 6.07) is 11.4. The number of ether oxygens (including phenoxy) is 1. The lowest BCUT2D eigenvalue weighted by atomic mass is 10.2. The molecule has 0 bridgehead atoms. The number of nitrogens with one attached hydrogen (secondary N) is 2. The Balaban J connectivity index is 1.32. The molecule has 0 spiro atoms. The van der Waals surface area contributed by atoms with Gasteiger partial charge in [0, 0.05) is 11.9 Å². The van der Waals surface area contributed by atoms with Crippen LogP contribution in [0, 0.1) is 0 Å². The van der Waals surface area contributed by atoms with E-state index in [-0.39, 0.29) is 40.2 Å². The molecule has 0 radical (unpaired) electrons. The minimum absolute atomic E-state index is 0.116. The second kappa shape index (κ2) is 9.62. The van der Waals surface area contributed by atoms with E-state index in [1.54, 1.807) is 42.5 Å². The van der Waals surface area contributed by atoms with Gasteiger partial charge in [-0.15, -0.1) is 0 Å². The van der Waals surface area contributed by atoms with Gasteiger partial charge in [-0.25, -0.2) is 13.4 Å². The van der Waals surface area contributed by atoms with Crippen LogP contribution in [0.15, 0.2) is 53.6 Å². The Labute approximate surface area is 212 Å². The number of hydrogen-bond donors (Lipinski definition) is 2. The first-order valence-electron chi connectivity index (χ1n) is 10.9. The van der Waals surface area contributed by atoms with E-state index in [1.807, 2.05) is 0 Å². The molecule has 2 N–H and O–H groups in total. The lowest BCUT2D eigenvalue weighted by Gasteiger charge is -2.29. The van der Waals surface area contributed by atoms with Crippen LogP contribution in [0.5, 0.6) is 5.88 Å². The number of aromatic nitrogens is 2. The SMILES string of the molecule is O=C1c2cnc(Nc3ccc(S(=O)(=O)C4CCNCC4)cc3)nc2OCN1c1c(Cl)cccc1Cl. The van der Waals surface area contributed by atoms with Gasteiger partial charge in [-0.05, 0) is 62.3 Å². The van der Waals surface area contributed by atoms with Crippen molar-refractivity contribution in [1.82, 2.24) is 15.3 Å². The number of anilines is 3. The Morgan fingerprint density at radius 3 is 2.43 bits per heavy atom. The monoisotopic (exact) mass is 533 g/mol. The molecule has 1 saturated heterocycles. The number of sulfone groups is 1. The maximum atomic E-state index is 13.0. The Kier molecular flexibility index (Phi) is 6.54. The Hall–Kier alpha value is -2.92. The van der Waals surface area contributed by atoms with E-state index in [0.717, 1.165) is 0 Å². The maximum Gasteiger partial charge on any atom is 0.268 e. The van der Waals surface area contributed by atoms with Crippen LogP contribution in [0.25, 0.3) is 0 Å². The van der Waals surface area contributed by atoms with Crippen molar-refractivity contribution in [2.45, 2.75) is 23.0 Å². The fourth-order valence-electron chi connectivity index (χ4n) is 4.08. The zero-order valence-electron chi connectivity index (χ0n) is 18.4. The predicted molar refractivity (Wildman–Crippen MR) is 134 cm³/mol. The zero-order valence-corrected chi connectivity index (χ0v) is 20.7. The molecule has 9 nitrogen and oxygen atoms in total. The van der Waals surface area contributed by atoms with Crippen LogP contribution in [-0.4, -0.2) is 49.4 Å². The van der Waals surface area contributed by atoms with E-state index in [2.05, 4.69) is 20.6 Å². The van der Waals surface area contributed by atoms with Gasteiger partial charge in [0.15, 0.2) is 16.6 Å². The minimum Gasteiger partial charge on any atom is -0.455 e. The van der Waals surface area contributed by atoms with Gasteiger partial charge in [0.2, 0.25) is 11.8 Å². The number of carbonyl (C=O) groups is 1. The molecule has 0 aliphatic carbocycles. The van der Waals surface area contributed by atoms with E-state index >= 15 is 0 Å². The molecule has 2 aromatic carbocycles. The lowest BCUT2D eigenvalue weighted by Crippen LogP contribution is -2.39. The first-order chi connectivity index (χ1) is 16.8. The highest BCUT2D eigenvalue weighted by molar-refractivity contribution is 7.92. The van der Waals surface area contributed by atoms with Gasteiger partial charge in [0.25, 0.3) is 5.91 Å². The van der Waals surface area contributed by atoms with Crippen molar-refractivity contribution in [3.63, 3.8) is 0 Å². The topological polar surface area (TPSA) is 114 Å². The van der Waals surface area contributed by atoms with Crippen molar-refractivity contribution in [3.8, 4) is 5.88 Å². The summed E-state index contributed by atoms with van der Waals surface area (Å²) in [6.45, 7) is 1.29. The van der Waals surface area contributed by atoms with Gasteiger partial charge in [-0.1, -0.05) is 29.3 Å². The van der Waals surface area contributed by atoms with Crippen LogP contribution in [0.4, 0.5) is 17.3 Å². The summed E-state index contributed by atoms with van der Waals surface area (Å²) in [4.78, 5) is 23.1.